The molecule has 1 aliphatic rings. The normalized spacial score (nSPS) is 19.9. The first-order chi connectivity index (χ1) is 13.6. The lowest BCUT2D eigenvalue weighted by Crippen LogP contribution is -2.25. The number of aromatic amines is 1. The Morgan fingerprint density at radius 3 is 2.93 bits per heavy atom. The van der Waals surface area contributed by atoms with Gasteiger partial charge in [0.25, 0.3) is 5.56 Å². The number of ether oxygens (including phenoxy) is 1. The van der Waals surface area contributed by atoms with Crippen LogP contribution in [0.4, 0.5) is 0 Å². The number of benzene rings is 1. The zero-order chi connectivity index (χ0) is 19.5. The highest BCUT2D eigenvalue weighted by molar-refractivity contribution is 5.80. The van der Waals surface area contributed by atoms with Gasteiger partial charge in [-0.15, -0.1) is 0 Å². The number of nitrogens with one attached hydrogen (secondary N) is 1. The van der Waals surface area contributed by atoms with Gasteiger partial charge in [-0.2, -0.15) is 0 Å². The predicted molar refractivity (Wildman–Crippen MR) is 108 cm³/mol. The average molecular weight is 379 g/mol. The summed E-state index contributed by atoms with van der Waals surface area (Å²) in [5, 5.41) is 11.4. The van der Waals surface area contributed by atoms with Crippen LogP contribution < -0.4 is 10.3 Å². The van der Waals surface area contributed by atoms with Gasteiger partial charge in [0.1, 0.15) is 5.75 Å². The van der Waals surface area contributed by atoms with Crippen molar-refractivity contribution in [3.63, 3.8) is 0 Å². The van der Waals surface area contributed by atoms with Crippen LogP contribution in [0.3, 0.4) is 0 Å². The van der Waals surface area contributed by atoms with E-state index in [0.717, 1.165) is 35.3 Å². The Bertz CT molecular complexity index is 1000. The Balaban J connectivity index is 1.49. The van der Waals surface area contributed by atoms with E-state index in [1.54, 1.807) is 6.20 Å². The van der Waals surface area contributed by atoms with Crippen LogP contribution in [-0.2, 0) is 13.0 Å². The molecule has 2 atom stereocenters. The highest BCUT2D eigenvalue weighted by Gasteiger charge is 2.31. The van der Waals surface area contributed by atoms with Crippen LogP contribution in [0.5, 0.6) is 5.75 Å². The number of H-pyrrole nitrogens is 1. The van der Waals surface area contributed by atoms with Gasteiger partial charge in [0.2, 0.25) is 0 Å². The standard InChI is InChI=1S/C22H25N3O3/c1-2-28-19-6-7-20-15(11-19)9-17(22(27)24-20)13-25-12-16(21(26)14-25)10-18-5-3-4-8-23-18/h3-9,11,16,21,26H,2,10,12-14H2,1H3,(H,24,27)/t16-,21-/m1/s1. The number of rotatable bonds is 6. The quantitative estimate of drug-likeness (QED) is 0.687. The number of pyridine rings is 2. The fourth-order valence-corrected chi connectivity index (χ4v) is 3.90. The molecule has 2 N–H and O–H groups in total. The van der Waals surface area contributed by atoms with Crippen molar-refractivity contribution in [2.45, 2.75) is 26.0 Å². The van der Waals surface area contributed by atoms with E-state index >= 15 is 0 Å². The molecule has 0 bridgehead atoms. The monoisotopic (exact) mass is 379 g/mol. The highest BCUT2D eigenvalue weighted by Crippen LogP contribution is 2.23. The van der Waals surface area contributed by atoms with E-state index in [9.17, 15) is 9.90 Å². The summed E-state index contributed by atoms with van der Waals surface area (Å²) in [7, 11) is 0. The fourth-order valence-electron chi connectivity index (χ4n) is 3.90. The number of likely N-dealkylation sites (tertiary alicyclic amines) is 1. The van der Waals surface area contributed by atoms with Gasteiger partial charge in [-0.3, -0.25) is 14.7 Å². The average Bonchev–Trinajstić information content (AvgIpc) is 3.02. The fraction of sp³-hybridized carbons (Fsp3) is 0.364. The molecule has 6 nitrogen and oxygen atoms in total. The summed E-state index contributed by atoms with van der Waals surface area (Å²) in [5.74, 6) is 0.916. The number of fused-ring (bicyclic) bond motifs is 1. The van der Waals surface area contributed by atoms with Gasteiger partial charge in [0, 0.05) is 53.9 Å². The Kier molecular flexibility index (Phi) is 5.41. The Morgan fingerprint density at radius 1 is 1.25 bits per heavy atom. The molecule has 0 radical (unpaired) electrons. The smallest absolute Gasteiger partial charge is 0.252 e. The van der Waals surface area contributed by atoms with Crippen LogP contribution >= 0.6 is 0 Å². The molecule has 1 aromatic carbocycles. The van der Waals surface area contributed by atoms with Crippen LogP contribution in [-0.4, -0.2) is 45.8 Å². The number of aromatic nitrogens is 2. The van der Waals surface area contributed by atoms with E-state index in [1.165, 1.54) is 0 Å². The number of hydrogen-bond donors (Lipinski definition) is 2. The Morgan fingerprint density at radius 2 is 2.14 bits per heavy atom. The summed E-state index contributed by atoms with van der Waals surface area (Å²) >= 11 is 0. The molecule has 28 heavy (non-hydrogen) atoms. The van der Waals surface area contributed by atoms with Gasteiger partial charge >= 0.3 is 0 Å². The van der Waals surface area contributed by atoms with E-state index in [0.29, 0.717) is 25.3 Å². The number of hydrogen-bond acceptors (Lipinski definition) is 5. The molecule has 1 saturated heterocycles. The van der Waals surface area contributed by atoms with Crippen LogP contribution in [0.15, 0.2) is 53.5 Å². The molecule has 3 aromatic rings. The minimum Gasteiger partial charge on any atom is -0.494 e. The predicted octanol–water partition coefficient (Wildman–Crippen LogP) is 2.36. The zero-order valence-electron chi connectivity index (χ0n) is 16.0. The zero-order valence-corrected chi connectivity index (χ0v) is 16.0. The van der Waals surface area contributed by atoms with Gasteiger partial charge in [0.15, 0.2) is 0 Å². The summed E-state index contributed by atoms with van der Waals surface area (Å²) in [6, 6.07) is 13.4. The maximum atomic E-state index is 12.5. The van der Waals surface area contributed by atoms with Crippen molar-refractivity contribution in [1.29, 1.82) is 0 Å². The molecule has 0 saturated carbocycles. The van der Waals surface area contributed by atoms with Crippen molar-refractivity contribution >= 4 is 10.9 Å². The lowest BCUT2D eigenvalue weighted by molar-refractivity contribution is 0.140. The van der Waals surface area contributed by atoms with Crippen LogP contribution in [0, 0.1) is 5.92 Å². The Hall–Kier alpha value is -2.70. The van der Waals surface area contributed by atoms with Crippen LogP contribution in [0.1, 0.15) is 18.2 Å². The molecule has 0 spiro atoms. The number of nitrogens with zero attached hydrogens (tertiary/aromatic N) is 2. The third-order valence-corrected chi connectivity index (χ3v) is 5.28. The molecular weight excluding hydrogens is 354 g/mol. The largest absolute Gasteiger partial charge is 0.494 e. The maximum absolute atomic E-state index is 12.5. The van der Waals surface area contributed by atoms with Gasteiger partial charge in [0.05, 0.1) is 12.7 Å². The SMILES string of the molecule is CCOc1ccc2[nH]c(=O)c(CN3C[C@@H](Cc4ccccn4)[C@H](O)C3)cc2c1. The molecule has 0 unspecified atom stereocenters. The van der Waals surface area contributed by atoms with Crippen LogP contribution in [0.25, 0.3) is 10.9 Å². The maximum Gasteiger partial charge on any atom is 0.252 e. The van der Waals surface area contributed by atoms with Crippen molar-refractivity contribution < 1.29 is 9.84 Å². The van der Waals surface area contributed by atoms with Crippen molar-refractivity contribution in [1.82, 2.24) is 14.9 Å². The Labute approximate surface area is 163 Å². The van der Waals surface area contributed by atoms with Crippen molar-refractivity contribution in [3.05, 3.63) is 70.3 Å². The topological polar surface area (TPSA) is 78.5 Å². The molecule has 0 aliphatic carbocycles. The van der Waals surface area contributed by atoms with E-state index in [4.69, 9.17) is 4.74 Å². The first-order valence-electron chi connectivity index (χ1n) is 9.71. The lowest BCUT2D eigenvalue weighted by Gasteiger charge is -2.15. The summed E-state index contributed by atoms with van der Waals surface area (Å²) in [6.07, 6.45) is 2.11. The second-order valence-electron chi connectivity index (χ2n) is 7.35. The van der Waals surface area contributed by atoms with E-state index in [1.807, 2.05) is 49.4 Å². The first-order valence-corrected chi connectivity index (χ1v) is 9.71. The number of β-amino-alcohol motifs (C(OH)–C–C–N with tert-alkyl or cyclic N) is 1. The van der Waals surface area contributed by atoms with E-state index in [2.05, 4.69) is 14.9 Å². The molecule has 1 aliphatic heterocycles. The number of aliphatic hydroxyl groups excluding tert-OH is 1. The minimum atomic E-state index is -0.411. The lowest BCUT2D eigenvalue weighted by atomic mass is 10.00. The minimum absolute atomic E-state index is 0.0840. The second kappa shape index (κ2) is 8.12. The molecule has 2 aromatic heterocycles. The van der Waals surface area contributed by atoms with Gasteiger partial charge in [-0.25, -0.2) is 0 Å². The summed E-state index contributed by atoms with van der Waals surface area (Å²) in [5.41, 5.74) is 2.40. The first kappa shape index (κ1) is 18.7. The molecule has 6 heteroatoms. The third-order valence-electron chi connectivity index (χ3n) is 5.28. The second-order valence-corrected chi connectivity index (χ2v) is 7.35. The molecule has 3 heterocycles. The summed E-state index contributed by atoms with van der Waals surface area (Å²) < 4.78 is 5.56. The summed E-state index contributed by atoms with van der Waals surface area (Å²) in [4.78, 5) is 22.0. The van der Waals surface area contributed by atoms with Crippen molar-refractivity contribution in [3.8, 4) is 5.75 Å². The molecule has 0 amide bonds. The molecule has 146 valence electrons. The molecular formula is C22H25N3O3. The van der Waals surface area contributed by atoms with Gasteiger partial charge in [-0.05, 0) is 49.7 Å². The van der Waals surface area contributed by atoms with Gasteiger partial charge in [-0.1, -0.05) is 6.07 Å². The number of aliphatic hydroxyl groups is 1. The highest BCUT2D eigenvalue weighted by atomic mass is 16.5. The van der Waals surface area contributed by atoms with E-state index < -0.39 is 6.10 Å². The van der Waals surface area contributed by atoms with Gasteiger partial charge < -0.3 is 14.8 Å². The third kappa shape index (κ3) is 4.08. The molecule has 4 rings (SSSR count). The van der Waals surface area contributed by atoms with Crippen LogP contribution in [0.2, 0.25) is 0 Å². The van der Waals surface area contributed by atoms with E-state index in [-0.39, 0.29) is 11.5 Å². The summed E-state index contributed by atoms with van der Waals surface area (Å²) in [6.45, 7) is 4.37. The van der Waals surface area contributed by atoms with Crippen molar-refractivity contribution in [2.24, 2.45) is 5.92 Å². The molecule has 1 fully saturated rings. The van der Waals surface area contributed by atoms with Crippen molar-refractivity contribution in [2.75, 3.05) is 19.7 Å².